The second-order valence-corrected chi connectivity index (χ2v) is 5.04. The van der Waals surface area contributed by atoms with Gasteiger partial charge in [0.15, 0.2) is 5.60 Å². The lowest BCUT2D eigenvalue weighted by Crippen LogP contribution is -2.44. The van der Waals surface area contributed by atoms with Gasteiger partial charge in [-0.05, 0) is 24.3 Å². The third kappa shape index (κ3) is 2.05. The van der Waals surface area contributed by atoms with Crippen LogP contribution in [-0.2, 0) is 5.60 Å². The van der Waals surface area contributed by atoms with Gasteiger partial charge >= 0.3 is 0 Å². The van der Waals surface area contributed by atoms with Crippen LogP contribution in [0.2, 0.25) is 0 Å². The number of Topliss-reactive ketones (excluding diaryl/α,β-unsaturated/α-hetero) is 1. The minimum atomic E-state index is -2.00. The van der Waals surface area contributed by atoms with Gasteiger partial charge in [0.25, 0.3) is 0 Å². The van der Waals surface area contributed by atoms with Crippen LogP contribution < -0.4 is 9.47 Å². The van der Waals surface area contributed by atoms with E-state index in [-0.39, 0.29) is 35.0 Å². The minimum Gasteiger partial charge on any atom is -0.508 e. The summed E-state index contributed by atoms with van der Waals surface area (Å²) in [7, 11) is 1.45. The molecule has 0 saturated carbocycles. The van der Waals surface area contributed by atoms with Crippen molar-refractivity contribution >= 4 is 5.78 Å². The maximum Gasteiger partial charge on any atom is 0.206 e. The molecule has 6 heteroatoms. The van der Waals surface area contributed by atoms with Crippen molar-refractivity contribution in [1.82, 2.24) is 0 Å². The zero-order chi connectivity index (χ0) is 15.9. The number of phenols is 2. The predicted octanol–water partition coefficient (Wildman–Crippen LogP) is 1.57. The highest BCUT2D eigenvalue weighted by Gasteiger charge is 2.45. The smallest absolute Gasteiger partial charge is 0.206 e. The van der Waals surface area contributed by atoms with Crippen LogP contribution in [0.1, 0.15) is 15.9 Å². The van der Waals surface area contributed by atoms with Gasteiger partial charge in [-0.3, -0.25) is 4.79 Å². The van der Waals surface area contributed by atoms with Gasteiger partial charge in [0.05, 0.1) is 12.7 Å². The maximum absolute atomic E-state index is 12.6. The SMILES string of the molecule is COc1ccc([C@@]2(O)COc3cc(O)ccc3C2=O)c(O)c1. The number of carbonyl (C=O) groups is 1. The number of carbonyl (C=O) groups excluding carboxylic acids is 1. The monoisotopic (exact) mass is 302 g/mol. The average Bonchev–Trinajstić information content (AvgIpc) is 2.51. The van der Waals surface area contributed by atoms with Crippen molar-refractivity contribution in [1.29, 1.82) is 0 Å². The van der Waals surface area contributed by atoms with Gasteiger partial charge in [-0.25, -0.2) is 0 Å². The first-order chi connectivity index (χ1) is 10.5. The van der Waals surface area contributed by atoms with Gasteiger partial charge < -0.3 is 24.8 Å². The first kappa shape index (κ1) is 14.2. The number of phenolic OH excluding ortho intramolecular Hbond substituents is 2. The number of benzene rings is 2. The number of hydrogen-bond donors (Lipinski definition) is 3. The molecule has 0 radical (unpaired) electrons. The molecular formula is C16H14O6. The largest absolute Gasteiger partial charge is 0.508 e. The zero-order valence-corrected chi connectivity index (χ0v) is 11.7. The molecule has 3 rings (SSSR count). The van der Waals surface area contributed by atoms with Gasteiger partial charge in [-0.1, -0.05) is 0 Å². The predicted molar refractivity (Wildman–Crippen MR) is 76.5 cm³/mol. The summed E-state index contributed by atoms with van der Waals surface area (Å²) in [6.07, 6.45) is 0. The molecule has 2 aromatic carbocycles. The Balaban J connectivity index is 2.08. The van der Waals surface area contributed by atoms with Crippen LogP contribution in [0.3, 0.4) is 0 Å². The molecular weight excluding hydrogens is 288 g/mol. The number of methoxy groups -OCH3 is 1. The third-order valence-electron chi connectivity index (χ3n) is 3.67. The van der Waals surface area contributed by atoms with Gasteiger partial charge in [0, 0.05) is 17.7 Å². The third-order valence-corrected chi connectivity index (χ3v) is 3.67. The van der Waals surface area contributed by atoms with Crippen LogP contribution in [-0.4, -0.2) is 34.8 Å². The molecule has 6 nitrogen and oxygen atoms in total. The molecule has 3 N–H and O–H groups in total. The van der Waals surface area contributed by atoms with E-state index in [0.717, 1.165) is 0 Å². The van der Waals surface area contributed by atoms with Gasteiger partial charge in [0.2, 0.25) is 5.78 Å². The summed E-state index contributed by atoms with van der Waals surface area (Å²) in [6, 6.07) is 8.28. The number of ether oxygens (including phenoxy) is 2. The number of aliphatic hydroxyl groups is 1. The van der Waals surface area contributed by atoms with E-state index in [1.165, 1.54) is 43.5 Å². The molecule has 1 aliphatic rings. The lowest BCUT2D eigenvalue weighted by molar-refractivity contribution is -0.00634. The summed E-state index contributed by atoms with van der Waals surface area (Å²) in [6.45, 7) is -0.359. The van der Waals surface area contributed by atoms with Crippen LogP contribution in [0.5, 0.6) is 23.0 Å². The summed E-state index contributed by atoms with van der Waals surface area (Å²) in [5.41, 5.74) is -1.82. The van der Waals surface area contributed by atoms with Gasteiger partial charge in [0.1, 0.15) is 29.6 Å². The summed E-state index contributed by atoms with van der Waals surface area (Å²) >= 11 is 0. The molecule has 0 unspecified atom stereocenters. The van der Waals surface area contributed by atoms with E-state index in [0.29, 0.717) is 5.75 Å². The Morgan fingerprint density at radius 2 is 1.95 bits per heavy atom. The minimum absolute atomic E-state index is 0.0377. The second kappa shape index (κ2) is 4.92. The number of ketones is 1. The fourth-order valence-electron chi connectivity index (χ4n) is 2.48. The molecule has 0 amide bonds. The maximum atomic E-state index is 12.6. The fraction of sp³-hybridized carbons (Fsp3) is 0.188. The van der Waals surface area contributed by atoms with Crippen molar-refractivity contribution in [2.45, 2.75) is 5.60 Å². The van der Waals surface area contributed by atoms with Crippen LogP contribution in [0.15, 0.2) is 36.4 Å². The number of rotatable bonds is 2. The van der Waals surface area contributed by atoms with Crippen molar-refractivity contribution in [2.75, 3.05) is 13.7 Å². The van der Waals surface area contributed by atoms with Crippen molar-refractivity contribution in [3.63, 3.8) is 0 Å². The Bertz CT molecular complexity index is 754. The Labute approximate surface area is 126 Å². The molecule has 0 saturated heterocycles. The highest BCUT2D eigenvalue weighted by Crippen LogP contribution is 2.40. The molecule has 1 heterocycles. The summed E-state index contributed by atoms with van der Waals surface area (Å²) in [5.74, 6) is -0.304. The standard InChI is InChI=1S/C16H14O6/c1-21-10-3-5-12(13(18)7-10)16(20)8-22-14-6-9(17)2-4-11(14)15(16)19/h2-7,17-18,20H,8H2,1H3/t16-/m0/s1. The quantitative estimate of drug-likeness (QED) is 0.779. The molecule has 22 heavy (non-hydrogen) atoms. The van der Waals surface area contributed by atoms with Crippen molar-refractivity contribution in [2.24, 2.45) is 0 Å². The summed E-state index contributed by atoms with van der Waals surface area (Å²) in [4.78, 5) is 12.6. The van der Waals surface area contributed by atoms with E-state index < -0.39 is 11.4 Å². The van der Waals surface area contributed by atoms with Crippen LogP contribution >= 0.6 is 0 Å². The lowest BCUT2D eigenvalue weighted by atomic mass is 9.84. The molecule has 0 bridgehead atoms. The molecule has 1 atom stereocenters. The van der Waals surface area contributed by atoms with Crippen LogP contribution in [0.4, 0.5) is 0 Å². The zero-order valence-electron chi connectivity index (χ0n) is 11.7. The van der Waals surface area contributed by atoms with E-state index in [9.17, 15) is 20.1 Å². The first-order valence-corrected chi connectivity index (χ1v) is 6.56. The highest BCUT2D eigenvalue weighted by atomic mass is 16.5. The number of fused-ring (bicyclic) bond motifs is 1. The van der Waals surface area contributed by atoms with Crippen molar-refractivity contribution in [3.05, 3.63) is 47.5 Å². The Morgan fingerprint density at radius 1 is 1.18 bits per heavy atom. The molecule has 0 aliphatic carbocycles. The molecule has 114 valence electrons. The molecule has 1 aliphatic heterocycles. The Hall–Kier alpha value is -2.73. The fourth-order valence-corrected chi connectivity index (χ4v) is 2.48. The second-order valence-electron chi connectivity index (χ2n) is 5.04. The Kier molecular flexibility index (Phi) is 3.18. The van der Waals surface area contributed by atoms with Crippen molar-refractivity contribution < 1.29 is 29.6 Å². The molecule has 0 spiro atoms. The normalized spacial score (nSPS) is 20.2. The average molecular weight is 302 g/mol. The molecule has 0 aromatic heterocycles. The van der Waals surface area contributed by atoms with E-state index >= 15 is 0 Å². The van der Waals surface area contributed by atoms with Gasteiger partial charge in [-0.15, -0.1) is 0 Å². The van der Waals surface area contributed by atoms with E-state index in [1.54, 1.807) is 0 Å². The molecule has 2 aromatic rings. The van der Waals surface area contributed by atoms with Gasteiger partial charge in [-0.2, -0.15) is 0 Å². The van der Waals surface area contributed by atoms with E-state index in [2.05, 4.69) is 0 Å². The first-order valence-electron chi connectivity index (χ1n) is 6.56. The lowest BCUT2D eigenvalue weighted by Gasteiger charge is -2.32. The van der Waals surface area contributed by atoms with Crippen molar-refractivity contribution in [3.8, 4) is 23.0 Å². The van der Waals surface area contributed by atoms with E-state index in [1.807, 2.05) is 0 Å². The van der Waals surface area contributed by atoms with Crippen LogP contribution in [0.25, 0.3) is 0 Å². The summed E-state index contributed by atoms with van der Waals surface area (Å²) < 4.78 is 10.4. The Morgan fingerprint density at radius 3 is 2.64 bits per heavy atom. The molecule has 0 fully saturated rings. The number of hydrogen-bond acceptors (Lipinski definition) is 6. The van der Waals surface area contributed by atoms with Crippen LogP contribution in [0, 0.1) is 0 Å². The van der Waals surface area contributed by atoms with E-state index in [4.69, 9.17) is 9.47 Å². The number of aromatic hydroxyl groups is 2. The summed E-state index contributed by atoms with van der Waals surface area (Å²) in [5, 5.41) is 30.2. The highest BCUT2D eigenvalue weighted by molar-refractivity contribution is 6.06. The topological polar surface area (TPSA) is 96.2 Å².